The molecule has 2 N–H and O–H groups in total. The summed E-state index contributed by atoms with van der Waals surface area (Å²) < 4.78 is 0. The summed E-state index contributed by atoms with van der Waals surface area (Å²) in [6, 6.07) is 11.7. The van der Waals surface area contributed by atoms with E-state index >= 15 is 0 Å². The molecule has 2 aromatic heterocycles. The van der Waals surface area contributed by atoms with Crippen molar-refractivity contribution in [3.63, 3.8) is 0 Å². The Bertz CT molecular complexity index is 1040. The zero-order chi connectivity index (χ0) is 21.8. The van der Waals surface area contributed by atoms with Crippen LogP contribution in [-0.4, -0.2) is 63.8 Å². The second-order valence-corrected chi connectivity index (χ2v) is 8.14. The van der Waals surface area contributed by atoms with Gasteiger partial charge in [0.15, 0.2) is 0 Å². The lowest BCUT2D eigenvalue weighted by atomic mass is 10.0. The average molecular weight is 420 g/mol. The van der Waals surface area contributed by atoms with Gasteiger partial charge >= 0.3 is 0 Å². The Balaban J connectivity index is 1.42. The van der Waals surface area contributed by atoms with Gasteiger partial charge in [-0.1, -0.05) is 24.3 Å². The SMILES string of the molecule is CC(=O)NC(Cc1c[nH]c2ccccc12)C(=O)N1CCN(C(C)c2cccnc2)CC1. The molecule has 1 saturated heterocycles. The molecule has 0 saturated carbocycles. The van der Waals surface area contributed by atoms with E-state index in [9.17, 15) is 9.59 Å². The first-order valence-corrected chi connectivity index (χ1v) is 10.8. The molecule has 1 aliphatic rings. The zero-order valence-corrected chi connectivity index (χ0v) is 18.0. The lowest BCUT2D eigenvalue weighted by molar-refractivity contribution is -0.137. The number of aromatic amines is 1. The molecule has 0 bridgehead atoms. The molecule has 7 nitrogen and oxygen atoms in total. The Morgan fingerprint density at radius 3 is 2.61 bits per heavy atom. The average Bonchev–Trinajstić information content (AvgIpc) is 3.21. The molecule has 3 aromatic rings. The molecule has 31 heavy (non-hydrogen) atoms. The lowest BCUT2D eigenvalue weighted by Crippen LogP contribution is -2.55. The predicted molar refractivity (Wildman–Crippen MR) is 120 cm³/mol. The van der Waals surface area contributed by atoms with Crippen molar-refractivity contribution in [1.82, 2.24) is 25.1 Å². The van der Waals surface area contributed by atoms with Crippen LogP contribution in [0.3, 0.4) is 0 Å². The Morgan fingerprint density at radius 2 is 1.90 bits per heavy atom. The van der Waals surface area contributed by atoms with Crippen LogP contribution in [-0.2, 0) is 16.0 Å². The monoisotopic (exact) mass is 419 g/mol. The van der Waals surface area contributed by atoms with Crippen LogP contribution in [0.4, 0.5) is 0 Å². The summed E-state index contributed by atoms with van der Waals surface area (Å²) >= 11 is 0. The van der Waals surface area contributed by atoms with Gasteiger partial charge in [0.25, 0.3) is 0 Å². The fraction of sp³-hybridized carbons (Fsp3) is 0.375. The molecule has 1 aromatic carbocycles. The van der Waals surface area contributed by atoms with Crippen molar-refractivity contribution in [2.45, 2.75) is 32.4 Å². The number of hydrogen-bond donors (Lipinski definition) is 2. The second kappa shape index (κ2) is 9.31. The van der Waals surface area contributed by atoms with Gasteiger partial charge < -0.3 is 15.2 Å². The van der Waals surface area contributed by atoms with Crippen molar-refractivity contribution >= 4 is 22.7 Å². The van der Waals surface area contributed by atoms with E-state index in [4.69, 9.17) is 0 Å². The van der Waals surface area contributed by atoms with Crippen molar-refractivity contribution in [1.29, 1.82) is 0 Å². The summed E-state index contributed by atoms with van der Waals surface area (Å²) in [5, 5.41) is 3.96. The fourth-order valence-corrected chi connectivity index (χ4v) is 4.35. The number of nitrogens with one attached hydrogen (secondary N) is 2. The number of aromatic nitrogens is 2. The highest BCUT2D eigenvalue weighted by Crippen LogP contribution is 2.22. The van der Waals surface area contributed by atoms with Gasteiger partial charge in [-0.25, -0.2) is 0 Å². The maximum Gasteiger partial charge on any atom is 0.245 e. The number of carbonyl (C=O) groups is 2. The summed E-state index contributed by atoms with van der Waals surface area (Å²) in [6.07, 6.45) is 6.08. The summed E-state index contributed by atoms with van der Waals surface area (Å²) in [5.41, 5.74) is 3.24. The molecule has 0 spiro atoms. The van der Waals surface area contributed by atoms with Crippen LogP contribution in [0, 0.1) is 0 Å². The van der Waals surface area contributed by atoms with E-state index in [1.165, 1.54) is 12.5 Å². The van der Waals surface area contributed by atoms with E-state index in [2.05, 4.69) is 33.2 Å². The first-order valence-electron chi connectivity index (χ1n) is 10.8. The summed E-state index contributed by atoms with van der Waals surface area (Å²) in [6.45, 7) is 6.51. The van der Waals surface area contributed by atoms with Crippen molar-refractivity contribution in [3.05, 3.63) is 66.1 Å². The van der Waals surface area contributed by atoms with Gasteiger partial charge in [-0.2, -0.15) is 0 Å². The molecule has 4 rings (SSSR count). The number of H-pyrrole nitrogens is 1. The van der Waals surface area contributed by atoms with E-state index in [1.807, 2.05) is 47.6 Å². The van der Waals surface area contributed by atoms with Crippen LogP contribution >= 0.6 is 0 Å². The Hall–Kier alpha value is -3.19. The van der Waals surface area contributed by atoms with E-state index in [-0.39, 0.29) is 17.9 Å². The fourth-order valence-electron chi connectivity index (χ4n) is 4.35. The van der Waals surface area contributed by atoms with Gasteiger partial charge in [-0.15, -0.1) is 0 Å². The van der Waals surface area contributed by atoms with Crippen LogP contribution < -0.4 is 5.32 Å². The molecule has 1 fully saturated rings. The molecular formula is C24H29N5O2. The number of amides is 2. The summed E-state index contributed by atoms with van der Waals surface area (Å²) in [7, 11) is 0. The third-order valence-electron chi connectivity index (χ3n) is 6.12. The highest BCUT2D eigenvalue weighted by molar-refractivity contribution is 5.89. The number of nitrogens with zero attached hydrogens (tertiary/aromatic N) is 3. The molecule has 2 amide bonds. The maximum atomic E-state index is 13.3. The first-order chi connectivity index (χ1) is 15.0. The number of piperazine rings is 1. The smallest absolute Gasteiger partial charge is 0.245 e. The van der Waals surface area contributed by atoms with Gasteiger partial charge in [-0.05, 0) is 30.2 Å². The molecule has 0 aliphatic carbocycles. The molecule has 0 radical (unpaired) electrons. The molecule has 1 aliphatic heterocycles. The number of benzene rings is 1. The Morgan fingerprint density at radius 1 is 1.13 bits per heavy atom. The highest BCUT2D eigenvalue weighted by atomic mass is 16.2. The van der Waals surface area contributed by atoms with Crippen LogP contribution in [0.15, 0.2) is 55.0 Å². The predicted octanol–water partition coefficient (Wildman–Crippen LogP) is 2.52. The maximum absolute atomic E-state index is 13.3. The number of carbonyl (C=O) groups excluding carboxylic acids is 2. The largest absolute Gasteiger partial charge is 0.361 e. The Labute approximate surface area is 182 Å². The number of hydrogen-bond acceptors (Lipinski definition) is 4. The van der Waals surface area contributed by atoms with Crippen molar-refractivity contribution in [2.24, 2.45) is 0 Å². The number of para-hydroxylation sites is 1. The third kappa shape index (κ3) is 4.77. The van der Waals surface area contributed by atoms with Gasteiger partial charge in [0.2, 0.25) is 11.8 Å². The first kappa shape index (κ1) is 21.1. The Kier molecular flexibility index (Phi) is 6.32. The van der Waals surface area contributed by atoms with Crippen molar-refractivity contribution < 1.29 is 9.59 Å². The minimum Gasteiger partial charge on any atom is -0.361 e. The minimum atomic E-state index is -0.570. The van der Waals surface area contributed by atoms with Gasteiger partial charge in [0.1, 0.15) is 6.04 Å². The highest BCUT2D eigenvalue weighted by Gasteiger charge is 2.30. The third-order valence-corrected chi connectivity index (χ3v) is 6.12. The molecule has 2 unspecified atom stereocenters. The van der Waals surface area contributed by atoms with E-state index in [0.717, 1.165) is 29.6 Å². The zero-order valence-electron chi connectivity index (χ0n) is 18.0. The lowest BCUT2D eigenvalue weighted by Gasteiger charge is -2.39. The van der Waals surface area contributed by atoms with Gasteiger partial charge in [-0.3, -0.25) is 19.5 Å². The van der Waals surface area contributed by atoms with Crippen molar-refractivity contribution in [2.75, 3.05) is 26.2 Å². The molecule has 7 heteroatoms. The quantitative estimate of drug-likeness (QED) is 0.643. The van der Waals surface area contributed by atoms with E-state index < -0.39 is 6.04 Å². The summed E-state index contributed by atoms with van der Waals surface area (Å²) in [5.74, 6) is -0.212. The second-order valence-electron chi connectivity index (χ2n) is 8.14. The number of pyridine rings is 1. The van der Waals surface area contributed by atoms with Crippen LogP contribution in [0.5, 0.6) is 0 Å². The number of rotatable bonds is 6. The van der Waals surface area contributed by atoms with E-state index in [0.29, 0.717) is 19.5 Å². The standard InChI is InChI=1S/C24H29N5O2/c1-17(19-6-5-9-25-15-19)28-10-12-29(13-11-28)24(31)23(27-18(2)30)14-20-16-26-22-8-4-3-7-21(20)22/h3-9,15-17,23,26H,10-14H2,1-2H3,(H,27,30). The topological polar surface area (TPSA) is 81.3 Å². The van der Waals surface area contributed by atoms with Gasteiger partial charge in [0, 0.05) is 75.1 Å². The normalized spacial score (nSPS) is 16.8. The minimum absolute atomic E-state index is 0.0193. The van der Waals surface area contributed by atoms with Crippen molar-refractivity contribution in [3.8, 4) is 0 Å². The van der Waals surface area contributed by atoms with Crippen LogP contribution in [0.2, 0.25) is 0 Å². The molecule has 162 valence electrons. The van der Waals surface area contributed by atoms with Crippen LogP contribution in [0.1, 0.15) is 31.0 Å². The van der Waals surface area contributed by atoms with E-state index in [1.54, 1.807) is 6.20 Å². The summed E-state index contributed by atoms with van der Waals surface area (Å²) in [4.78, 5) is 36.9. The van der Waals surface area contributed by atoms with Crippen LogP contribution in [0.25, 0.3) is 10.9 Å². The number of fused-ring (bicyclic) bond motifs is 1. The van der Waals surface area contributed by atoms with Gasteiger partial charge in [0.05, 0.1) is 0 Å². The molecular weight excluding hydrogens is 390 g/mol. The molecule has 3 heterocycles. The molecule has 2 atom stereocenters.